The summed E-state index contributed by atoms with van der Waals surface area (Å²) in [6.45, 7) is 0. The van der Waals surface area contributed by atoms with E-state index in [9.17, 15) is 0 Å². The van der Waals surface area contributed by atoms with Gasteiger partial charge in [0.1, 0.15) is 6.33 Å². The molecule has 9 rings (SSSR count). The minimum Gasteiger partial charge on any atom is -0.217 e. The summed E-state index contributed by atoms with van der Waals surface area (Å²) in [7, 11) is 0. The molecule has 41 heavy (non-hydrogen) atoms. The maximum absolute atomic E-state index is 4.95. The Labute approximate surface area is 237 Å². The largest absolute Gasteiger partial charge is 0.217 e. The molecule has 6 aromatic carbocycles. The zero-order valence-electron chi connectivity index (χ0n) is 22.1. The van der Waals surface area contributed by atoms with Gasteiger partial charge in [-0.3, -0.25) is 0 Å². The summed E-state index contributed by atoms with van der Waals surface area (Å²) in [4.78, 5) is 14.1. The first-order valence-corrected chi connectivity index (χ1v) is 14.0. The van der Waals surface area contributed by atoms with E-state index in [1.165, 1.54) is 49.9 Å². The summed E-state index contributed by atoms with van der Waals surface area (Å²) in [6.07, 6.45) is 1.63. The molecule has 2 aliphatic rings. The zero-order chi connectivity index (χ0) is 27.0. The lowest BCUT2D eigenvalue weighted by Crippen LogP contribution is -2.31. The predicted octanol–water partition coefficient (Wildman–Crippen LogP) is 8.70. The number of hydrogen-bond donors (Lipinski definition) is 0. The monoisotopic (exact) mass is 521 g/mol. The van der Waals surface area contributed by atoms with Crippen LogP contribution in [0.1, 0.15) is 22.3 Å². The number of aromatic nitrogens is 3. The van der Waals surface area contributed by atoms with E-state index in [0.717, 1.165) is 16.5 Å². The molecule has 0 atom stereocenters. The predicted molar refractivity (Wildman–Crippen MR) is 165 cm³/mol. The Balaban J connectivity index is 1.40. The Morgan fingerprint density at radius 3 is 1.61 bits per heavy atom. The average Bonchev–Trinajstić information content (AvgIpc) is 3.35. The second-order valence-electron chi connectivity index (χ2n) is 10.8. The van der Waals surface area contributed by atoms with Crippen LogP contribution >= 0.6 is 0 Å². The molecule has 3 heteroatoms. The van der Waals surface area contributed by atoms with Crippen LogP contribution in [0.25, 0.3) is 55.8 Å². The summed E-state index contributed by atoms with van der Waals surface area (Å²) in [5.41, 5.74) is 12.0. The quantitative estimate of drug-likeness (QED) is 0.228. The second kappa shape index (κ2) is 8.30. The van der Waals surface area contributed by atoms with Crippen LogP contribution in [0, 0.1) is 0 Å². The topological polar surface area (TPSA) is 38.7 Å². The third-order valence-corrected chi connectivity index (χ3v) is 8.86. The molecule has 0 saturated heterocycles. The highest BCUT2D eigenvalue weighted by atomic mass is 15.0. The fourth-order valence-electron chi connectivity index (χ4n) is 7.30. The van der Waals surface area contributed by atoms with Crippen molar-refractivity contribution in [2.75, 3.05) is 0 Å². The van der Waals surface area contributed by atoms with Crippen molar-refractivity contribution in [2.24, 2.45) is 0 Å². The Hall–Kier alpha value is -5.41. The molecule has 7 aromatic rings. The molecule has 0 aliphatic heterocycles. The third-order valence-electron chi connectivity index (χ3n) is 8.86. The Morgan fingerprint density at radius 2 is 0.927 bits per heavy atom. The molecule has 1 spiro atoms. The first-order valence-electron chi connectivity index (χ1n) is 14.0. The van der Waals surface area contributed by atoms with Crippen LogP contribution < -0.4 is 0 Å². The van der Waals surface area contributed by atoms with E-state index in [1.807, 2.05) is 30.3 Å². The summed E-state index contributed by atoms with van der Waals surface area (Å²) in [5, 5.41) is 2.41. The second-order valence-corrected chi connectivity index (χ2v) is 10.8. The van der Waals surface area contributed by atoms with Crippen molar-refractivity contribution in [3.05, 3.63) is 162 Å². The Morgan fingerprint density at radius 1 is 0.390 bits per heavy atom. The minimum atomic E-state index is -0.413. The van der Waals surface area contributed by atoms with Crippen LogP contribution in [0.3, 0.4) is 0 Å². The van der Waals surface area contributed by atoms with E-state index in [0.29, 0.717) is 11.6 Å². The lowest BCUT2D eigenvalue weighted by Gasteiger charge is -2.40. The summed E-state index contributed by atoms with van der Waals surface area (Å²) < 4.78 is 0. The number of hydrogen-bond acceptors (Lipinski definition) is 3. The van der Waals surface area contributed by atoms with Gasteiger partial charge < -0.3 is 0 Å². The smallest absolute Gasteiger partial charge is 0.163 e. The summed E-state index contributed by atoms with van der Waals surface area (Å²) >= 11 is 0. The van der Waals surface area contributed by atoms with Gasteiger partial charge in [0.15, 0.2) is 11.6 Å². The fourth-order valence-corrected chi connectivity index (χ4v) is 7.30. The maximum Gasteiger partial charge on any atom is 0.163 e. The molecule has 0 N–H and O–H groups in total. The third kappa shape index (κ3) is 2.90. The molecular weight excluding hydrogens is 498 g/mol. The highest BCUT2D eigenvalue weighted by Crippen LogP contribution is 2.61. The van der Waals surface area contributed by atoms with E-state index in [-0.39, 0.29) is 0 Å². The van der Waals surface area contributed by atoms with Crippen molar-refractivity contribution < 1.29 is 0 Å². The first-order chi connectivity index (χ1) is 20.4. The van der Waals surface area contributed by atoms with Gasteiger partial charge in [-0.15, -0.1) is 0 Å². The molecule has 0 bridgehead atoms. The van der Waals surface area contributed by atoms with Crippen molar-refractivity contribution in [1.82, 2.24) is 15.0 Å². The molecule has 1 heterocycles. The van der Waals surface area contributed by atoms with Crippen LogP contribution in [0.2, 0.25) is 0 Å². The lowest BCUT2D eigenvalue weighted by molar-refractivity contribution is 0.773. The highest BCUT2D eigenvalue weighted by molar-refractivity contribution is 6.11. The van der Waals surface area contributed by atoms with Gasteiger partial charge >= 0.3 is 0 Å². The van der Waals surface area contributed by atoms with E-state index < -0.39 is 5.41 Å². The van der Waals surface area contributed by atoms with Crippen molar-refractivity contribution >= 4 is 10.8 Å². The molecule has 0 fully saturated rings. The van der Waals surface area contributed by atoms with E-state index in [1.54, 1.807) is 6.33 Å². The minimum absolute atomic E-state index is 0.413. The van der Waals surface area contributed by atoms with E-state index >= 15 is 0 Å². The normalized spacial score (nSPS) is 13.6. The highest BCUT2D eigenvalue weighted by Gasteiger charge is 2.49. The Kier molecular flexibility index (Phi) is 4.53. The van der Waals surface area contributed by atoms with Crippen molar-refractivity contribution in [3.8, 4) is 45.0 Å². The summed E-state index contributed by atoms with van der Waals surface area (Å²) in [6, 6.07) is 48.0. The molecule has 0 radical (unpaired) electrons. The molecule has 1 aromatic heterocycles. The Bertz CT molecular complexity index is 2120. The molecule has 190 valence electrons. The average molecular weight is 522 g/mol. The van der Waals surface area contributed by atoms with E-state index in [4.69, 9.17) is 4.98 Å². The zero-order valence-corrected chi connectivity index (χ0v) is 22.1. The lowest BCUT2D eigenvalue weighted by atomic mass is 9.61. The van der Waals surface area contributed by atoms with Gasteiger partial charge in [-0.25, -0.2) is 15.0 Å². The van der Waals surface area contributed by atoms with Crippen LogP contribution in [0.5, 0.6) is 0 Å². The number of nitrogens with zero attached hydrogens (tertiary/aromatic N) is 3. The molecule has 0 saturated carbocycles. The fraction of sp³-hybridized carbons (Fsp3) is 0.0263. The number of rotatable bonds is 2. The van der Waals surface area contributed by atoms with Crippen molar-refractivity contribution in [1.29, 1.82) is 0 Å². The van der Waals surface area contributed by atoms with Gasteiger partial charge in [-0.05, 0) is 61.3 Å². The van der Waals surface area contributed by atoms with Gasteiger partial charge in [-0.1, -0.05) is 127 Å². The van der Waals surface area contributed by atoms with Crippen LogP contribution in [-0.4, -0.2) is 15.0 Å². The van der Waals surface area contributed by atoms with Gasteiger partial charge in [0.05, 0.1) is 5.41 Å². The van der Waals surface area contributed by atoms with E-state index in [2.05, 4.69) is 113 Å². The van der Waals surface area contributed by atoms with Crippen molar-refractivity contribution in [2.45, 2.75) is 5.41 Å². The first kappa shape index (κ1) is 22.4. The molecule has 2 aliphatic carbocycles. The van der Waals surface area contributed by atoms with Crippen LogP contribution in [0.4, 0.5) is 0 Å². The molecular formula is C38H23N3. The molecule has 0 unspecified atom stereocenters. The van der Waals surface area contributed by atoms with Gasteiger partial charge in [0, 0.05) is 11.1 Å². The standard InChI is InChI=1S/C38H23N3/c1-2-11-24(12-3-1)36-39-23-40-37(41-36)30-22-21-29-27-15-6-9-19-33(27)38(34-20-10-16-28(30)35(29)34)31-17-7-4-13-25(31)26-14-5-8-18-32(26)38/h1-23H. The van der Waals surface area contributed by atoms with Crippen molar-refractivity contribution in [3.63, 3.8) is 0 Å². The van der Waals surface area contributed by atoms with Gasteiger partial charge in [0.2, 0.25) is 0 Å². The SMILES string of the molecule is c1ccc(-c2ncnc(-c3ccc4c5c(cccc35)C3(c5ccccc5-c5ccccc53)c3ccccc3-4)n2)cc1. The maximum atomic E-state index is 4.95. The number of fused-ring (bicyclic) bond motifs is 9. The summed E-state index contributed by atoms with van der Waals surface area (Å²) in [5.74, 6) is 1.36. The number of benzene rings is 6. The van der Waals surface area contributed by atoms with Gasteiger partial charge in [-0.2, -0.15) is 0 Å². The van der Waals surface area contributed by atoms with Crippen LogP contribution in [-0.2, 0) is 5.41 Å². The molecule has 0 amide bonds. The van der Waals surface area contributed by atoms with Gasteiger partial charge in [0.25, 0.3) is 0 Å². The molecule has 3 nitrogen and oxygen atoms in total. The van der Waals surface area contributed by atoms with Crippen LogP contribution in [0.15, 0.2) is 140 Å².